The number of nitrogens with one attached hydrogen (secondary N) is 2. The molecule has 0 saturated heterocycles. The number of methoxy groups -OCH3 is 1. The number of carbonyl (C=O) groups excluding carboxylic acids is 3. The van der Waals surface area contributed by atoms with Crippen LogP contribution in [0.15, 0.2) is 18.2 Å². The molecule has 3 N–H and O–H groups in total. The fourth-order valence-corrected chi connectivity index (χ4v) is 2.50. The van der Waals surface area contributed by atoms with Gasteiger partial charge in [-0.25, -0.2) is 14.8 Å². The van der Waals surface area contributed by atoms with E-state index < -0.39 is 35.7 Å². The summed E-state index contributed by atoms with van der Waals surface area (Å²) in [6.07, 6.45) is 0.373. The van der Waals surface area contributed by atoms with Crippen LogP contribution in [0.4, 0.5) is 11.4 Å². The molecular weight excluding hydrogens is 370 g/mol. The van der Waals surface area contributed by atoms with Gasteiger partial charge >= 0.3 is 11.9 Å². The molecule has 2 atom stereocenters. The van der Waals surface area contributed by atoms with Crippen molar-refractivity contribution in [3.63, 3.8) is 0 Å². The number of quaternary nitrogens is 1. The molecule has 2 unspecified atom stereocenters. The van der Waals surface area contributed by atoms with Gasteiger partial charge in [-0.2, -0.15) is 5.23 Å². The second-order valence-electron chi connectivity index (χ2n) is 6.78. The minimum atomic E-state index is -1.19. The average Bonchev–Trinajstić information content (AvgIpc) is 2.63. The topological polar surface area (TPSA) is 133 Å². The van der Waals surface area contributed by atoms with Gasteiger partial charge in [0.2, 0.25) is 0 Å². The normalized spacial score (nSPS) is 12.9. The molecule has 0 aliphatic carbocycles. The molecule has 10 heteroatoms. The Bertz CT molecular complexity index is 704. The Morgan fingerprint density at radius 1 is 1.29 bits per heavy atom. The van der Waals surface area contributed by atoms with E-state index in [-0.39, 0.29) is 17.2 Å². The van der Waals surface area contributed by atoms with E-state index in [2.05, 4.69) is 10.1 Å². The van der Waals surface area contributed by atoms with Crippen LogP contribution in [0.25, 0.3) is 0 Å². The largest absolute Gasteiger partial charge is 0.595 e. The van der Waals surface area contributed by atoms with Gasteiger partial charge in [0.15, 0.2) is 12.3 Å². The van der Waals surface area contributed by atoms with Crippen LogP contribution >= 0.6 is 0 Å². The van der Waals surface area contributed by atoms with Gasteiger partial charge in [0.05, 0.1) is 18.4 Å². The lowest BCUT2D eigenvalue weighted by Crippen LogP contribution is -2.99. The van der Waals surface area contributed by atoms with Crippen LogP contribution in [0.1, 0.15) is 30.6 Å². The Kier molecular flexibility index (Phi) is 8.83. The smallest absolute Gasteiger partial charge is 0.340 e. The average molecular weight is 397 g/mol. The highest BCUT2D eigenvalue weighted by Gasteiger charge is 2.24. The predicted octanol–water partition coefficient (Wildman–Crippen LogP) is 0.0167. The zero-order chi connectivity index (χ0) is 21.4. The van der Waals surface area contributed by atoms with Crippen LogP contribution in [0.3, 0.4) is 0 Å². The van der Waals surface area contributed by atoms with E-state index in [4.69, 9.17) is 9.94 Å². The van der Waals surface area contributed by atoms with Crippen LogP contribution in [-0.2, 0) is 19.1 Å². The van der Waals surface area contributed by atoms with Crippen molar-refractivity contribution in [2.24, 2.45) is 5.92 Å². The van der Waals surface area contributed by atoms with Crippen molar-refractivity contribution in [2.45, 2.75) is 26.3 Å². The molecule has 0 heterocycles. The quantitative estimate of drug-likeness (QED) is 0.392. The predicted molar refractivity (Wildman–Crippen MR) is 100 cm³/mol. The van der Waals surface area contributed by atoms with E-state index >= 15 is 0 Å². The van der Waals surface area contributed by atoms with Crippen LogP contribution in [0.5, 0.6) is 0 Å². The highest BCUT2D eigenvalue weighted by molar-refractivity contribution is 5.98. The molecular formula is C18H27N3O7. The minimum absolute atomic E-state index is 0.0180. The summed E-state index contributed by atoms with van der Waals surface area (Å²) in [6.45, 7) is 3.16. The molecule has 0 radical (unpaired) electrons. The molecule has 28 heavy (non-hydrogen) atoms. The van der Waals surface area contributed by atoms with Gasteiger partial charge in [-0.15, -0.1) is 0 Å². The number of benzene rings is 1. The second kappa shape index (κ2) is 10.6. The zero-order valence-corrected chi connectivity index (χ0v) is 16.6. The summed E-state index contributed by atoms with van der Waals surface area (Å²) >= 11 is 0. The molecule has 0 aliphatic rings. The third-order valence-corrected chi connectivity index (χ3v) is 3.81. The first kappa shape index (κ1) is 23.3. The zero-order valence-electron chi connectivity index (χ0n) is 16.6. The number of amides is 1. The fourth-order valence-electron chi connectivity index (χ4n) is 2.50. The first-order valence-corrected chi connectivity index (χ1v) is 8.65. The molecule has 0 aliphatic heterocycles. The Hall–Kier alpha value is -2.69. The van der Waals surface area contributed by atoms with Crippen LogP contribution in [0.2, 0.25) is 0 Å². The first-order valence-electron chi connectivity index (χ1n) is 8.65. The Balaban J connectivity index is 2.84. The molecule has 1 amide bonds. The molecule has 156 valence electrons. The maximum absolute atomic E-state index is 12.4. The molecule has 0 aromatic heterocycles. The maximum Gasteiger partial charge on any atom is 0.340 e. The van der Waals surface area contributed by atoms with E-state index in [9.17, 15) is 19.6 Å². The molecule has 0 bridgehead atoms. The minimum Gasteiger partial charge on any atom is -0.595 e. The Morgan fingerprint density at radius 3 is 2.43 bits per heavy atom. The maximum atomic E-state index is 12.4. The molecule has 1 rings (SSSR count). The number of ether oxygens (including phenoxy) is 2. The molecule has 1 aromatic rings. The van der Waals surface area contributed by atoms with E-state index in [0.717, 1.165) is 0 Å². The van der Waals surface area contributed by atoms with Crippen molar-refractivity contribution in [2.75, 3.05) is 32.7 Å². The van der Waals surface area contributed by atoms with E-state index in [1.165, 1.54) is 25.3 Å². The van der Waals surface area contributed by atoms with Crippen LogP contribution in [0, 0.1) is 11.1 Å². The van der Waals surface area contributed by atoms with Gasteiger partial charge in [0, 0.05) is 26.2 Å². The van der Waals surface area contributed by atoms with Gasteiger partial charge in [0.1, 0.15) is 6.04 Å². The standard InChI is InChI=1S/C18H27N3O7/c1-11(2)8-14(18(24)27-5)19-16(22)10-28-17(23)13-9-12(21(25)26)6-7-15(13)20(3)4/h6-7,9,11,14,21,25H,8,10H2,1-5H3,(H,19,22). The van der Waals surface area contributed by atoms with Crippen molar-refractivity contribution in [1.29, 1.82) is 0 Å². The number of anilines is 1. The molecule has 0 fully saturated rings. The summed E-state index contributed by atoms with van der Waals surface area (Å²) in [4.78, 5) is 37.9. The Morgan fingerprint density at radius 2 is 1.93 bits per heavy atom. The van der Waals surface area contributed by atoms with E-state index in [1.807, 2.05) is 13.8 Å². The third kappa shape index (κ3) is 6.80. The van der Waals surface area contributed by atoms with Crippen molar-refractivity contribution >= 4 is 29.2 Å². The van der Waals surface area contributed by atoms with Crippen molar-refractivity contribution in [3.05, 3.63) is 29.0 Å². The lowest BCUT2D eigenvalue weighted by Gasteiger charge is -2.20. The summed E-state index contributed by atoms with van der Waals surface area (Å²) in [5, 5.41) is 21.6. The summed E-state index contributed by atoms with van der Waals surface area (Å²) in [7, 11) is 4.60. The molecule has 0 spiro atoms. The first-order chi connectivity index (χ1) is 13.1. The van der Waals surface area contributed by atoms with Crippen molar-refractivity contribution < 1.29 is 34.3 Å². The van der Waals surface area contributed by atoms with Crippen molar-refractivity contribution in [1.82, 2.24) is 5.32 Å². The second-order valence-corrected chi connectivity index (χ2v) is 6.78. The number of hydrogen-bond donors (Lipinski definition) is 3. The lowest BCUT2D eigenvalue weighted by molar-refractivity contribution is -0.991. The summed E-state index contributed by atoms with van der Waals surface area (Å²) in [5.74, 6) is -1.96. The van der Waals surface area contributed by atoms with Crippen molar-refractivity contribution in [3.8, 4) is 0 Å². The molecule has 0 saturated carbocycles. The number of carbonyl (C=O) groups is 3. The van der Waals surface area contributed by atoms with Crippen LogP contribution < -0.4 is 15.4 Å². The van der Waals surface area contributed by atoms with E-state index in [0.29, 0.717) is 12.1 Å². The number of rotatable bonds is 9. The van der Waals surface area contributed by atoms with Gasteiger partial charge in [0.25, 0.3) is 5.91 Å². The fraction of sp³-hybridized carbons (Fsp3) is 0.500. The highest BCUT2D eigenvalue weighted by atomic mass is 16.8. The van der Waals surface area contributed by atoms with Gasteiger partial charge in [-0.05, 0) is 18.4 Å². The summed E-state index contributed by atoms with van der Waals surface area (Å²) in [5.41, 5.74) is 0.386. The molecule has 10 nitrogen and oxygen atoms in total. The Labute approximate surface area is 163 Å². The van der Waals surface area contributed by atoms with Gasteiger partial charge in [-0.1, -0.05) is 13.8 Å². The van der Waals surface area contributed by atoms with Crippen LogP contribution in [-0.4, -0.2) is 56.9 Å². The SMILES string of the molecule is COC(=O)C(CC(C)C)NC(=O)COC(=O)c1cc([NH+]([O-])O)ccc1N(C)C. The number of nitrogens with zero attached hydrogens (tertiary/aromatic N) is 1. The monoisotopic (exact) mass is 397 g/mol. The van der Waals surface area contributed by atoms with Gasteiger partial charge < -0.3 is 24.9 Å². The summed E-state index contributed by atoms with van der Waals surface area (Å²) < 4.78 is 9.68. The number of hydrogen-bond acceptors (Lipinski definition) is 8. The highest BCUT2D eigenvalue weighted by Crippen LogP contribution is 2.22. The summed E-state index contributed by atoms with van der Waals surface area (Å²) in [6, 6.07) is 3.20. The third-order valence-electron chi connectivity index (χ3n) is 3.81. The lowest BCUT2D eigenvalue weighted by atomic mass is 10.0. The molecule has 1 aromatic carbocycles. The van der Waals surface area contributed by atoms with Gasteiger partial charge in [-0.3, -0.25) is 4.79 Å². The number of esters is 2. The van der Waals surface area contributed by atoms with E-state index in [1.54, 1.807) is 19.0 Å².